The van der Waals surface area contributed by atoms with Gasteiger partial charge in [-0.3, -0.25) is 0 Å². The van der Waals surface area contributed by atoms with E-state index in [1.165, 1.54) is 0 Å². The lowest BCUT2D eigenvalue weighted by Crippen LogP contribution is -2.13. The zero-order valence-electron chi connectivity index (χ0n) is 9.99. The fraction of sp³-hybridized carbons (Fsp3) is 0.500. The summed E-state index contributed by atoms with van der Waals surface area (Å²) in [6.07, 6.45) is 0.848. The third kappa shape index (κ3) is 4.89. The van der Waals surface area contributed by atoms with E-state index in [4.69, 9.17) is 4.74 Å². The molecule has 88 valence electrons. The van der Waals surface area contributed by atoms with Crippen LogP contribution in [0.25, 0.3) is 0 Å². The topological polar surface area (TPSA) is 47.0 Å². The molecule has 16 heavy (non-hydrogen) atoms. The van der Waals surface area contributed by atoms with E-state index in [1.54, 1.807) is 0 Å². The van der Waals surface area contributed by atoms with Crippen molar-refractivity contribution in [2.24, 2.45) is 0 Å². The first kappa shape index (κ1) is 12.6. The van der Waals surface area contributed by atoms with Crippen molar-refractivity contribution < 1.29 is 4.74 Å². The number of nitrogens with zero attached hydrogens (tertiary/aromatic N) is 2. The van der Waals surface area contributed by atoms with E-state index < -0.39 is 0 Å². The lowest BCUT2D eigenvalue weighted by molar-refractivity contribution is 0.305. The van der Waals surface area contributed by atoms with Crippen molar-refractivity contribution in [3.63, 3.8) is 0 Å². The van der Waals surface area contributed by atoms with Gasteiger partial charge in [0.15, 0.2) is 0 Å². The molecule has 1 heterocycles. The Bertz CT molecular complexity index is 322. The second-order valence-corrected chi connectivity index (χ2v) is 3.70. The van der Waals surface area contributed by atoms with E-state index in [2.05, 4.69) is 29.0 Å². The van der Waals surface area contributed by atoms with Crippen LogP contribution < -0.4 is 10.1 Å². The maximum absolute atomic E-state index is 5.42. The van der Waals surface area contributed by atoms with E-state index in [0.29, 0.717) is 12.5 Å². The average molecular weight is 221 g/mol. The SMILES string of the molecule is C=C(C)CCOc1ccc(CNCC)nn1. The number of aromatic nitrogens is 2. The fourth-order valence-corrected chi connectivity index (χ4v) is 1.10. The zero-order chi connectivity index (χ0) is 11.8. The maximum atomic E-state index is 5.42. The Labute approximate surface area is 96.7 Å². The van der Waals surface area contributed by atoms with Crippen molar-refractivity contribution in [2.45, 2.75) is 26.8 Å². The second kappa shape index (κ2) is 6.95. The van der Waals surface area contributed by atoms with Crippen LogP contribution in [0.15, 0.2) is 24.3 Å². The summed E-state index contributed by atoms with van der Waals surface area (Å²) >= 11 is 0. The molecule has 0 saturated carbocycles. The Kier molecular flexibility index (Phi) is 5.50. The minimum atomic E-state index is 0.571. The van der Waals surface area contributed by atoms with E-state index in [1.807, 2.05) is 19.1 Å². The molecule has 1 N–H and O–H groups in total. The molecule has 0 aromatic carbocycles. The number of hydrogen-bond donors (Lipinski definition) is 1. The standard InChI is InChI=1S/C12H19N3O/c1-4-13-9-11-5-6-12(15-14-11)16-8-7-10(2)3/h5-6,13H,2,4,7-9H2,1,3H3. The van der Waals surface area contributed by atoms with Crippen LogP contribution >= 0.6 is 0 Å². The van der Waals surface area contributed by atoms with Gasteiger partial charge < -0.3 is 10.1 Å². The third-order valence-corrected chi connectivity index (χ3v) is 2.03. The molecule has 0 radical (unpaired) electrons. The second-order valence-electron chi connectivity index (χ2n) is 3.70. The first-order chi connectivity index (χ1) is 7.72. The van der Waals surface area contributed by atoms with Crippen LogP contribution in [-0.2, 0) is 6.54 Å². The summed E-state index contributed by atoms with van der Waals surface area (Å²) in [5, 5.41) is 11.2. The molecular formula is C12H19N3O. The minimum Gasteiger partial charge on any atom is -0.476 e. The molecule has 1 aromatic heterocycles. The lowest BCUT2D eigenvalue weighted by Gasteiger charge is -2.05. The van der Waals surface area contributed by atoms with E-state index in [-0.39, 0.29) is 0 Å². The van der Waals surface area contributed by atoms with Crippen molar-refractivity contribution >= 4 is 0 Å². The molecular weight excluding hydrogens is 202 g/mol. The van der Waals surface area contributed by atoms with Crippen molar-refractivity contribution in [2.75, 3.05) is 13.2 Å². The summed E-state index contributed by atoms with van der Waals surface area (Å²) in [5.41, 5.74) is 2.03. The Balaban J connectivity index is 2.36. The summed E-state index contributed by atoms with van der Waals surface area (Å²) in [5.74, 6) is 0.571. The molecule has 0 amide bonds. The van der Waals surface area contributed by atoms with Gasteiger partial charge in [-0.25, -0.2) is 0 Å². The van der Waals surface area contributed by atoms with Gasteiger partial charge in [0, 0.05) is 19.0 Å². The van der Waals surface area contributed by atoms with Crippen molar-refractivity contribution in [1.82, 2.24) is 15.5 Å². The monoisotopic (exact) mass is 221 g/mol. The first-order valence-electron chi connectivity index (χ1n) is 5.53. The molecule has 0 aliphatic heterocycles. The van der Waals surface area contributed by atoms with Crippen LogP contribution in [0.1, 0.15) is 26.0 Å². The molecule has 0 fully saturated rings. The highest BCUT2D eigenvalue weighted by atomic mass is 16.5. The van der Waals surface area contributed by atoms with Gasteiger partial charge in [0.05, 0.1) is 12.3 Å². The summed E-state index contributed by atoms with van der Waals surface area (Å²) in [6.45, 7) is 10.1. The zero-order valence-corrected chi connectivity index (χ0v) is 9.99. The van der Waals surface area contributed by atoms with Gasteiger partial charge >= 0.3 is 0 Å². The Morgan fingerprint density at radius 1 is 1.44 bits per heavy atom. The van der Waals surface area contributed by atoms with Gasteiger partial charge in [-0.05, 0) is 19.5 Å². The molecule has 0 unspecified atom stereocenters. The number of nitrogens with one attached hydrogen (secondary N) is 1. The van der Waals surface area contributed by atoms with Crippen molar-refractivity contribution in [3.8, 4) is 5.88 Å². The van der Waals surface area contributed by atoms with E-state index in [9.17, 15) is 0 Å². The van der Waals surface area contributed by atoms with Crippen molar-refractivity contribution in [3.05, 3.63) is 30.0 Å². The number of hydrogen-bond acceptors (Lipinski definition) is 4. The van der Waals surface area contributed by atoms with Crippen LogP contribution in [0.2, 0.25) is 0 Å². The molecule has 0 saturated heterocycles. The molecule has 4 nitrogen and oxygen atoms in total. The van der Waals surface area contributed by atoms with Gasteiger partial charge in [-0.2, -0.15) is 5.10 Å². The van der Waals surface area contributed by atoms with Gasteiger partial charge in [-0.15, -0.1) is 11.7 Å². The van der Waals surface area contributed by atoms with Crippen molar-refractivity contribution in [1.29, 1.82) is 0 Å². The molecule has 0 aliphatic rings. The Morgan fingerprint density at radius 2 is 2.25 bits per heavy atom. The van der Waals surface area contributed by atoms with Crippen LogP contribution in [-0.4, -0.2) is 23.3 Å². The van der Waals surface area contributed by atoms with Crippen LogP contribution in [0.5, 0.6) is 5.88 Å². The number of ether oxygens (including phenoxy) is 1. The summed E-state index contributed by atoms with van der Waals surface area (Å²) < 4.78 is 5.42. The Morgan fingerprint density at radius 3 is 2.81 bits per heavy atom. The molecule has 0 aliphatic carbocycles. The largest absolute Gasteiger partial charge is 0.476 e. The quantitative estimate of drug-likeness (QED) is 0.715. The molecule has 0 bridgehead atoms. The third-order valence-electron chi connectivity index (χ3n) is 2.03. The minimum absolute atomic E-state index is 0.571. The number of rotatable bonds is 7. The predicted octanol–water partition coefficient (Wildman–Crippen LogP) is 1.93. The smallest absolute Gasteiger partial charge is 0.233 e. The summed E-state index contributed by atoms with van der Waals surface area (Å²) in [7, 11) is 0. The predicted molar refractivity (Wildman–Crippen MR) is 64.3 cm³/mol. The molecule has 4 heteroatoms. The fourth-order valence-electron chi connectivity index (χ4n) is 1.10. The van der Waals surface area contributed by atoms with Gasteiger partial charge in [-0.1, -0.05) is 12.5 Å². The average Bonchev–Trinajstić information content (AvgIpc) is 2.27. The highest BCUT2D eigenvalue weighted by molar-refractivity contribution is 5.11. The molecule has 1 rings (SSSR count). The van der Waals surface area contributed by atoms with E-state index >= 15 is 0 Å². The lowest BCUT2D eigenvalue weighted by atomic mass is 10.3. The molecule has 0 spiro atoms. The van der Waals surface area contributed by atoms with Crippen LogP contribution in [0.3, 0.4) is 0 Å². The van der Waals surface area contributed by atoms with Gasteiger partial charge in [0.25, 0.3) is 0 Å². The normalized spacial score (nSPS) is 10.1. The summed E-state index contributed by atoms with van der Waals surface area (Å²) in [4.78, 5) is 0. The maximum Gasteiger partial charge on any atom is 0.233 e. The van der Waals surface area contributed by atoms with Gasteiger partial charge in [0.2, 0.25) is 5.88 Å². The Hall–Kier alpha value is -1.42. The molecule has 1 aromatic rings. The summed E-state index contributed by atoms with van der Waals surface area (Å²) in [6, 6.07) is 3.77. The van der Waals surface area contributed by atoms with Crippen LogP contribution in [0.4, 0.5) is 0 Å². The van der Waals surface area contributed by atoms with E-state index in [0.717, 1.165) is 30.8 Å². The van der Waals surface area contributed by atoms with Crippen LogP contribution in [0, 0.1) is 0 Å². The first-order valence-corrected chi connectivity index (χ1v) is 5.53. The highest BCUT2D eigenvalue weighted by Gasteiger charge is 1.98. The highest BCUT2D eigenvalue weighted by Crippen LogP contribution is 2.06. The van der Waals surface area contributed by atoms with Gasteiger partial charge in [0.1, 0.15) is 0 Å². The molecule has 0 atom stereocenters.